The maximum Gasteiger partial charge on any atom is 0.168 e. The predicted octanol–water partition coefficient (Wildman–Crippen LogP) is 3.17. The Morgan fingerprint density at radius 2 is 1.81 bits per heavy atom. The number of hydrogen-bond donors (Lipinski definition) is 1. The average Bonchev–Trinajstić information content (AvgIpc) is 2.16. The number of rotatable bonds is 2. The normalized spacial score (nSPS) is 18.2. The predicted molar refractivity (Wildman–Crippen MR) is 74.7 cm³/mol. The van der Waals surface area contributed by atoms with E-state index in [2.05, 4.69) is 38.0 Å². The summed E-state index contributed by atoms with van der Waals surface area (Å²) in [5.74, 6) is 0. The van der Waals surface area contributed by atoms with Crippen molar-refractivity contribution in [3.63, 3.8) is 0 Å². The summed E-state index contributed by atoms with van der Waals surface area (Å²) < 4.78 is 0. The molecule has 0 heterocycles. The van der Waals surface area contributed by atoms with E-state index in [-0.39, 0.29) is 0 Å². The summed E-state index contributed by atoms with van der Waals surface area (Å²) in [6, 6.07) is 0.615. The molecule has 0 bridgehead atoms. The lowest BCUT2D eigenvalue weighted by Gasteiger charge is -2.32. The van der Waals surface area contributed by atoms with Crippen LogP contribution in [-0.4, -0.2) is 29.6 Å². The summed E-state index contributed by atoms with van der Waals surface area (Å²) in [5.41, 5.74) is 0.299. The molecule has 0 atom stereocenters. The topological polar surface area (TPSA) is 15.3 Å². The van der Waals surface area contributed by atoms with Crippen LogP contribution in [0.5, 0.6) is 0 Å². The summed E-state index contributed by atoms with van der Waals surface area (Å²) in [6.45, 7) is 7.73. The molecular weight excluding hydrogens is 216 g/mol. The highest BCUT2D eigenvalue weighted by atomic mass is 32.1. The van der Waals surface area contributed by atoms with Gasteiger partial charge >= 0.3 is 0 Å². The minimum Gasteiger partial charge on any atom is -0.360 e. The first kappa shape index (κ1) is 13.8. The fourth-order valence-electron chi connectivity index (χ4n) is 2.32. The van der Waals surface area contributed by atoms with Crippen LogP contribution >= 0.6 is 12.2 Å². The highest BCUT2D eigenvalue weighted by molar-refractivity contribution is 7.80. The molecule has 1 rings (SSSR count). The van der Waals surface area contributed by atoms with Crippen molar-refractivity contribution in [3.05, 3.63) is 0 Å². The molecule has 0 unspecified atom stereocenters. The van der Waals surface area contributed by atoms with E-state index in [1.807, 2.05) is 0 Å². The first-order chi connectivity index (χ1) is 7.38. The lowest BCUT2D eigenvalue weighted by Crippen LogP contribution is -2.46. The average molecular weight is 242 g/mol. The Hall–Kier alpha value is -0.310. The Balaban J connectivity index is 2.33. The smallest absolute Gasteiger partial charge is 0.168 e. The van der Waals surface area contributed by atoms with Crippen LogP contribution in [0.1, 0.15) is 52.9 Å². The van der Waals surface area contributed by atoms with Crippen molar-refractivity contribution in [3.8, 4) is 0 Å². The van der Waals surface area contributed by atoms with Crippen LogP contribution in [0.15, 0.2) is 0 Å². The van der Waals surface area contributed by atoms with Crippen LogP contribution < -0.4 is 5.32 Å². The van der Waals surface area contributed by atoms with Gasteiger partial charge in [0.15, 0.2) is 5.11 Å². The Morgan fingerprint density at radius 3 is 2.31 bits per heavy atom. The molecule has 0 spiro atoms. The molecule has 1 aliphatic rings. The summed E-state index contributed by atoms with van der Waals surface area (Å²) in [4.78, 5) is 2.17. The molecule has 0 aromatic carbocycles. The first-order valence-electron chi connectivity index (χ1n) is 6.40. The molecule has 0 amide bonds. The van der Waals surface area contributed by atoms with Crippen molar-refractivity contribution in [2.75, 3.05) is 13.6 Å². The minimum atomic E-state index is 0.299. The SMILES string of the molecule is CN(CC(C)(C)C)C(=S)NC1CCCCC1. The molecule has 1 aliphatic carbocycles. The summed E-state index contributed by atoms with van der Waals surface area (Å²) in [7, 11) is 2.09. The van der Waals surface area contributed by atoms with E-state index >= 15 is 0 Å². The van der Waals surface area contributed by atoms with E-state index < -0.39 is 0 Å². The molecule has 3 heteroatoms. The van der Waals surface area contributed by atoms with E-state index in [0.29, 0.717) is 11.5 Å². The molecule has 0 aliphatic heterocycles. The van der Waals surface area contributed by atoms with Crippen molar-refractivity contribution >= 4 is 17.3 Å². The number of hydrogen-bond acceptors (Lipinski definition) is 1. The van der Waals surface area contributed by atoms with Crippen LogP contribution in [0.4, 0.5) is 0 Å². The summed E-state index contributed by atoms with van der Waals surface area (Å²) in [5, 5.41) is 4.42. The van der Waals surface area contributed by atoms with Gasteiger partial charge in [-0.1, -0.05) is 40.0 Å². The zero-order chi connectivity index (χ0) is 12.2. The maximum atomic E-state index is 5.44. The fourth-order valence-corrected chi connectivity index (χ4v) is 2.55. The van der Waals surface area contributed by atoms with Crippen LogP contribution in [0.25, 0.3) is 0 Å². The second-order valence-corrected chi connectivity index (χ2v) is 6.59. The highest BCUT2D eigenvalue weighted by Gasteiger charge is 2.18. The standard InChI is InChI=1S/C13H26N2S/c1-13(2,3)10-15(4)12(16)14-11-8-6-5-7-9-11/h11H,5-10H2,1-4H3,(H,14,16). The molecule has 16 heavy (non-hydrogen) atoms. The highest BCUT2D eigenvalue weighted by Crippen LogP contribution is 2.18. The summed E-state index contributed by atoms with van der Waals surface area (Å²) >= 11 is 5.44. The van der Waals surface area contributed by atoms with E-state index in [1.165, 1.54) is 32.1 Å². The molecule has 0 aromatic rings. The van der Waals surface area contributed by atoms with Crippen molar-refractivity contribution in [1.82, 2.24) is 10.2 Å². The minimum absolute atomic E-state index is 0.299. The Kier molecular flexibility index (Phi) is 5.03. The van der Waals surface area contributed by atoms with E-state index in [1.54, 1.807) is 0 Å². The van der Waals surface area contributed by atoms with Crippen molar-refractivity contribution in [2.24, 2.45) is 5.41 Å². The van der Waals surface area contributed by atoms with Crippen LogP contribution in [-0.2, 0) is 0 Å². The van der Waals surface area contributed by atoms with Gasteiger partial charge in [0, 0.05) is 19.6 Å². The van der Waals surface area contributed by atoms with Crippen LogP contribution in [0.3, 0.4) is 0 Å². The molecule has 1 saturated carbocycles. The molecule has 0 saturated heterocycles. The third-order valence-corrected chi connectivity index (χ3v) is 3.42. The van der Waals surface area contributed by atoms with Gasteiger partial charge in [-0.2, -0.15) is 0 Å². The zero-order valence-corrected chi connectivity index (χ0v) is 12.0. The monoisotopic (exact) mass is 242 g/mol. The largest absolute Gasteiger partial charge is 0.360 e. The van der Waals surface area contributed by atoms with Gasteiger partial charge in [-0.05, 0) is 30.5 Å². The maximum absolute atomic E-state index is 5.44. The molecular formula is C13H26N2S. The fraction of sp³-hybridized carbons (Fsp3) is 0.923. The molecule has 1 N–H and O–H groups in total. The van der Waals surface area contributed by atoms with Crippen LogP contribution in [0.2, 0.25) is 0 Å². The van der Waals surface area contributed by atoms with Gasteiger partial charge in [0.2, 0.25) is 0 Å². The van der Waals surface area contributed by atoms with Gasteiger partial charge in [-0.3, -0.25) is 0 Å². The third-order valence-electron chi connectivity index (χ3n) is 2.99. The Labute approximate surface area is 106 Å². The molecule has 2 nitrogen and oxygen atoms in total. The number of nitrogens with zero attached hydrogens (tertiary/aromatic N) is 1. The van der Waals surface area contributed by atoms with Crippen molar-refractivity contribution in [1.29, 1.82) is 0 Å². The molecule has 94 valence electrons. The van der Waals surface area contributed by atoms with Gasteiger partial charge in [0.1, 0.15) is 0 Å². The van der Waals surface area contributed by atoms with Crippen LogP contribution in [0, 0.1) is 5.41 Å². The number of nitrogens with one attached hydrogen (secondary N) is 1. The first-order valence-corrected chi connectivity index (χ1v) is 6.81. The van der Waals surface area contributed by atoms with E-state index in [4.69, 9.17) is 12.2 Å². The van der Waals surface area contributed by atoms with Crippen molar-refractivity contribution in [2.45, 2.75) is 58.9 Å². The molecule has 1 fully saturated rings. The Morgan fingerprint density at radius 1 is 1.25 bits per heavy atom. The van der Waals surface area contributed by atoms with Gasteiger partial charge in [-0.25, -0.2) is 0 Å². The molecule has 0 radical (unpaired) electrons. The van der Waals surface area contributed by atoms with E-state index in [0.717, 1.165) is 11.7 Å². The quantitative estimate of drug-likeness (QED) is 0.749. The summed E-state index contributed by atoms with van der Waals surface area (Å²) in [6.07, 6.45) is 6.66. The van der Waals surface area contributed by atoms with Gasteiger partial charge < -0.3 is 10.2 Å². The number of thiocarbonyl (C=S) groups is 1. The Bertz CT molecular complexity index is 227. The van der Waals surface area contributed by atoms with Gasteiger partial charge in [0.05, 0.1) is 0 Å². The molecule has 0 aromatic heterocycles. The second kappa shape index (κ2) is 5.85. The van der Waals surface area contributed by atoms with Gasteiger partial charge in [0.25, 0.3) is 0 Å². The van der Waals surface area contributed by atoms with Gasteiger partial charge in [-0.15, -0.1) is 0 Å². The van der Waals surface area contributed by atoms with Crippen molar-refractivity contribution < 1.29 is 0 Å². The lowest BCUT2D eigenvalue weighted by molar-refractivity contribution is 0.297. The third kappa shape index (κ3) is 5.15. The second-order valence-electron chi connectivity index (χ2n) is 6.20. The lowest BCUT2D eigenvalue weighted by atomic mass is 9.95. The van der Waals surface area contributed by atoms with E-state index in [9.17, 15) is 0 Å². The zero-order valence-electron chi connectivity index (χ0n) is 11.2.